The molecule has 2 aliphatic heterocycles. The maximum atomic E-state index is 13.3. The molecular weight excluding hydrogens is 611 g/mol. The summed E-state index contributed by atoms with van der Waals surface area (Å²) in [6, 6.07) is 10.8. The van der Waals surface area contributed by atoms with E-state index in [1.165, 1.54) is 12.3 Å². The smallest absolute Gasteiger partial charge is 0.341 e. The number of pyridine rings is 3. The Morgan fingerprint density at radius 2 is 1.93 bits per heavy atom. The zero-order valence-electron chi connectivity index (χ0n) is 23.6. The van der Waals surface area contributed by atoms with E-state index in [-0.39, 0.29) is 17.0 Å². The van der Waals surface area contributed by atoms with Gasteiger partial charge in [-0.25, -0.2) is 14.8 Å². The molecule has 4 aromatic rings. The van der Waals surface area contributed by atoms with E-state index in [1.807, 2.05) is 18.2 Å². The van der Waals surface area contributed by atoms with Crippen LogP contribution in [0.5, 0.6) is 0 Å². The normalized spacial score (nSPS) is 17.9. The molecule has 0 bridgehead atoms. The maximum Gasteiger partial charge on any atom is 0.341 e. The van der Waals surface area contributed by atoms with Crippen LogP contribution in [-0.4, -0.2) is 86.3 Å². The Balaban J connectivity index is 1.38. The molecule has 2 aliphatic rings. The highest BCUT2D eigenvalue weighted by Gasteiger charge is 2.31. The van der Waals surface area contributed by atoms with Gasteiger partial charge in [-0.2, -0.15) is 0 Å². The Labute approximate surface area is 260 Å². The van der Waals surface area contributed by atoms with E-state index in [9.17, 15) is 18.9 Å². The fourth-order valence-electron chi connectivity index (χ4n) is 5.72. The molecule has 0 aliphatic carbocycles. The van der Waals surface area contributed by atoms with Gasteiger partial charge < -0.3 is 24.4 Å². The summed E-state index contributed by atoms with van der Waals surface area (Å²) in [5, 5.41) is 11.0. The van der Waals surface area contributed by atoms with Gasteiger partial charge in [0.1, 0.15) is 16.4 Å². The third-order valence-corrected chi connectivity index (χ3v) is 10.4. The third kappa shape index (κ3) is 5.62. The Bertz CT molecular complexity index is 1790. The van der Waals surface area contributed by atoms with E-state index < -0.39 is 22.2 Å². The number of aromatic nitrogens is 3. The molecule has 0 saturated carbocycles. The molecule has 43 heavy (non-hydrogen) atoms. The highest BCUT2D eigenvalue weighted by molar-refractivity contribution is 7.85. The third-order valence-electron chi connectivity index (χ3n) is 8.20. The van der Waals surface area contributed by atoms with Crippen molar-refractivity contribution >= 4 is 62.4 Å². The summed E-state index contributed by atoms with van der Waals surface area (Å²) < 4.78 is 14.9. The van der Waals surface area contributed by atoms with Gasteiger partial charge in [0, 0.05) is 49.5 Å². The number of fused-ring (bicyclic) bond motifs is 1. The van der Waals surface area contributed by atoms with Gasteiger partial charge in [0.2, 0.25) is 5.43 Å². The van der Waals surface area contributed by atoms with Gasteiger partial charge in [-0.05, 0) is 63.3 Å². The van der Waals surface area contributed by atoms with Crippen molar-refractivity contribution in [3.8, 4) is 5.69 Å². The molecule has 6 rings (SSSR count). The fraction of sp³-hybridized carbons (Fsp3) is 0.333. The van der Waals surface area contributed by atoms with Crippen molar-refractivity contribution in [2.24, 2.45) is 0 Å². The summed E-state index contributed by atoms with van der Waals surface area (Å²) in [7, 11) is 2.68. The van der Waals surface area contributed by atoms with Gasteiger partial charge in [0.25, 0.3) is 0 Å². The quantitative estimate of drug-likeness (QED) is 0.301. The molecule has 0 radical (unpaired) electrons. The molecule has 5 heterocycles. The minimum Gasteiger partial charge on any atom is -0.477 e. The lowest BCUT2D eigenvalue weighted by molar-refractivity contribution is 0.0695. The molecule has 10 nitrogen and oxygen atoms in total. The van der Waals surface area contributed by atoms with Crippen molar-refractivity contribution in [2.45, 2.75) is 30.0 Å². The second-order valence-corrected chi connectivity index (χ2v) is 13.3. The Morgan fingerprint density at radius 1 is 1.14 bits per heavy atom. The Morgan fingerprint density at radius 3 is 2.60 bits per heavy atom. The lowest BCUT2D eigenvalue weighted by Gasteiger charge is -2.43. The van der Waals surface area contributed by atoms with Crippen LogP contribution in [0.4, 0.5) is 11.5 Å². The SMILES string of the molecule is CN(C)C1CN(c2ccc(-n3cc(C(=O)O)c(=O)c4cc(Cl)c(N5CCC[C@@H]5CS(=O)c5ncccc5Cl)cc43)cn2)C1. The van der Waals surface area contributed by atoms with Gasteiger partial charge in [-0.15, -0.1) is 0 Å². The van der Waals surface area contributed by atoms with E-state index in [0.717, 1.165) is 31.7 Å². The van der Waals surface area contributed by atoms with Crippen LogP contribution in [0.3, 0.4) is 0 Å². The monoisotopic (exact) mass is 640 g/mol. The summed E-state index contributed by atoms with van der Waals surface area (Å²) in [4.78, 5) is 40.6. The second-order valence-electron chi connectivity index (χ2n) is 11.1. The molecule has 1 unspecified atom stereocenters. The van der Waals surface area contributed by atoms with Crippen LogP contribution >= 0.6 is 23.2 Å². The number of likely N-dealkylation sites (N-methyl/N-ethyl adjacent to an activating group) is 1. The zero-order valence-corrected chi connectivity index (χ0v) is 25.9. The predicted octanol–water partition coefficient (Wildman–Crippen LogP) is 4.31. The number of rotatable bonds is 8. The number of nitrogens with zero attached hydrogens (tertiary/aromatic N) is 6. The van der Waals surface area contributed by atoms with Gasteiger partial charge in [0.15, 0.2) is 0 Å². The van der Waals surface area contributed by atoms with E-state index in [2.05, 4.69) is 38.8 Å². The van der Waals surface area contributed by atoms with Crippen molar-refractivity contribution in [3.05, 3.63) is 80.8 Å². The maximum absolute atomic E-state index is 13.3. The second kappa shape index (κ2) is 11.9. The Kier molecular flexibility index (Phi) is 8.16. The molecule has 1 N–H and O–H groups in total. The van der Waals surface area contributed by atoms with Crippen molar-refractivity contribution in [1.29, 1.82) is 0 Å². The topological polar surface area (TPSA) is 112 Å². The fourth-order valence-corrected chi connectivity index (χ4v) is 7.69. The Hall–Kier alpha value is -3.51. The van der Waals surface area contributed by atoms with Crippen molar-refractivity contribution < 1.29 is 14.1 Å². The van der Waals surface area contributed by atoms with Crippen LogP contribution in [0.25, 0.3) is 16.6 Å². The number of carboxylic acids is 1. The first-order valence-electron chi connectivity index (χ1n) is 13.9. The highest BCUT2D eigenvalue weighted by Crippen LogP contribution is 2.36. The van der Waals surface area contributed by atoms with E-state index in [4.69, 9.17) is 23.2 Å². The molecular formula is C30H30Cl2N6O4S. The average molecular weight is 642 g/mol. The van der Waals surface area contributed by atoms with Crippen molar-refractivity contribution in [1.82, 2.24) is 19.4 Å². The molecule has 13 heteroatoms. The summed E-state index contributed by atoms with van der Waals surface area (Å²) in [5.74, 6) is -0.182. The zero-order chi connectivity index (χ0) is 30.4. The van der Waals surface area contributed by atoms with E-state index in [1.54, 1.807) is 29.1 Å². The van der Waals surface area contributed by atoms with E-state index >= 15 is 0 Å². The predicted molar refractivity (Wildman–Crippen MR) is 170 cm³/mol. The van der Waals surface area contributed by atoms with Crippen LogP contribution in [0.2, 0.25) is 10.0 Å². The van der Waals surface area contributed by atoms with Crippen LogP contribution in [0.15, 0.2) is 64.8 Å². The van der Waals surface area contributed by atoms with Crippen LogP contribution < -0.4 is 15.2 Å². The van der Waals surface area contributed by atoms with Gasteiger partial charge in [-0.3, -0.25) is 9.00 Å². The minimum atomic E-state index is -1.43. The van der Waals surface area contributed by atoms with Gasteiger partial charge in [0.05, 0.1) is 49.7 Å². The first-order valence-corrected chi connectivity index (χ1v) is 16.0. The van der Waals surface area contributed by atoms with Crippen molar-refractivity contribution in [2.75, 3.05) is 49.3 Å². The molecule has 1 aromatic carbocycles. The van der Waals surface area contributed by atoms with Crippen molar-refractivity contribution in [3.63, 3.8) is 0 Å². The van der Waals surface area contributed by atoms with E-state index in [0.29, 0.717) is 50.3 Å². The molecule has 3 aromatic heterocycles. The molecule has 0 amide bonds. The number of aromatic carboxylic acids is 1. The number of benzene rings is 1. The number of hydrogen-bond donors (Lipinski definition) is 1. The lowest BCUT2D eigenvalue weighted by Crippen LogP contribution is -2.57. The van der Waals surface area contributed by atoms with Crippen LogP contribution in [0, 0.1) is 0 Å². The summed E-state index contributed by atoms with van der Waals surface area (Å²) in [5.41, 5.74) is 0.810. The number of anilines is 2. The minimum absolute atomic E-state index is 0.101. The number of halogens is 2. The average Bonchev–Trinajstić information content (AvgIpc) is 3.40. The molecule has 2 atom stereocenters. The van der Waals surface area contributed by atoms with Crippen LogP contribution in [0.1, 0.15) is 23.2 Å². The summed E-state index contributed by atoms with van der Waals surface area (Å²) in [6.07, 6.45) is 6.26. The van der Waals surface area contributed by atoms with Gasteiger partial charge in [-0.1, -0.05) is 23.2 Å². The number of carboxylic acid groups (broad SMARTS) is 1. The molecule has 2 saturated heterocycles. The standard InChI is InChI=1S/C30H30Cl2N6O4S/c1-35(2)20-14-36(15-20)27-8-7-18(13-34-27)38-16-22(30(40)41)28(39)21-11-24(32)26(12-25(21)38)37-10-4-5-19(37)17-43(42)29-23(31)6-3-9-33-29/h3,6-9,11-13,16,19-20H,4-5,10,14-15,17H2,1-2H3,(H,40,41)/t19-,43?/m1/s1. The van der Waals surface area contributed by atoms with Gasteiger partial charge >= 0.3 is 5.97 Å². The molecule has 224 valence electrons. The van der Waals surface area contributed by atoms with Crippen LogP contribution in [-0.2, 0) is 10.8 Å². The molecule has 2 fully saturated rings. The number of carbonyl (C=O) groups is 1. The molecule has 0 spiro atoms. The largest absolute Gasteiger partial charge is 0.477 e. The number of hydrogen-bond acceptors (Lipinski definition) is 8. The first kappa shape index (κ1) is 29.6. The summed E-state index contributed by atoms with van der Waals surface area (Å²) in [6.45, 7) is 2.43. The summed E-state index contributed by atoms with van der Waals surface area (Å²) >= 11 is 13.0. The first-order chi connectivity index (χ1) is 20.6. The highest BCUT2D eigenvalue weighted by atomic mass is 35.5. The lowest BCUT2D eigenvalue weighted by atomic mass is 10.1.